The van der Waals surface area contributed by atoms with Crippen molar-refractivity contribution < 1.29 is 4.79 Å². The summed E-state index contributed by atoms with van der Waals surface area (Å²) < 4.78 is 1.91. The van der Waals surface area contributed by atoms with Crippen molar-refractivity contribution in [2.75, 3.05) is 18.0 Å². The fourth-order valence-corrected chi connectivity index (χ4v) is 4.80. The molecule has 0 unspecified atom stereocenters. The van der Waals surface area contributed by atoms with Gasteiger partial charge in [0, 0.05) is 24.7 Å². The third-order valence-corrected chi connectivity index (χ3v) is 6.71. The summed E-state index contributed by atoms with van der Waals surface area (Å²) in [5.41, 5.74) is 4.68. The molecule has 34 heavy (non-hydrogen) atoms. The van der Waals surface area contributed by atoms with E-state index in [1.165, 1.54) is 0 Å². The topological polar surface area (TPSA) is 75.9 Å². The lowest BCUT2D eigenvalue weighted by Crippen LogP contribution is -2.43. The van der Waals surface area contributed by atoms with Gasteiger partial charge < -0.3 is 10.2 Å². The maximum absolute atomic E-state index is 12.9. The Morgan fingerprint density at radius 2 is 1.85 bits per heavy atom. The highest BCUT2D eigenvalue weighted by Gasteiger charge is 2.29. The highest BCUT2D eigenvalue weighted by atomic mass is 35.5. The second-order valence-corrected chi connectivity index (χ2v) is 9.23. The van der Waals surface area contributed by atoms with E-state index in [2.05, 4.69) is 20.4 Å². The van der Waals surface area contributed by atoms with Crippen molar-refractivity contribution in [3.63, 3.8) is 0 Å². The summed E-state index contributed by atoms with van der Waals surface area (Å²) in [6, 6.07) is 17.6. The molecule has 7 nitrogen and oxygen atoms in total. The van der Waals surface area contributed by atoms with E-state index >= 15 is 0 Å². The molecule has 0 spiro atoms. The van der Waals surface area contributed by atoms with E-state index in [1.807, 2.05) is 73.1 Å². The van der Waals surface area contributed by atoms with Gasteiger partial charge in [0.2, 0.25) is 5.91 Å². The number of fused-ring (bicyclic) bond motifs is 1. The summed E-state index contributed by atoms with van der Waals surface area (Å²) in [5, 5.41) is 18.7. The van der Waals surface area contributed by atoms with Crippen molar-refractivity contribution in [1.82, 2.24) is 25.3 Å². The van der Waals surface area contributed by atoms with Crippen LogP contribution in [-0.2, 0) is 11.3 Å². The van der Waals surface area contributed by atoms with Crippen LogP contribution in [-0.4, -0.2) is 39.0 Å². The number of aryl methyl sites for hydroxylation is 2. The molecule has 5 rings (SSSR count). The molecular formula is C26H27ClN6O. The molecule has 0 radical (unpaired) electrons. The molecule has 2 aromatic carbocycles. The molecule has 4 aromatic rings. The minimum absolute atomic E-state index is 0.0766. The van der Waals surface area contributed by atoms with E-state index in [0.717, 1.165) is 58.7 Å². The molecular weight excluding hydrogens is 448 g/mol. The van der Waals surface area contributed by atoms with Gasteiger partial charge in [-0.1, -0.05) is 41.9 Å². The molecule has 1 N–H and O–H groups in total. The lowest BCUT2D eigenvalue weighted by Gasteiger charge is -2.32. The maximum Gasteiger partial charge on any atom is 0.225 e. The van der Waals surface area contributed by atoms with E-state index in [4.69, 9.17) is 16.7 Å². The highest BCUT2D eigenvalue weighted by Crippen LogP contribution is 2.31. The third-order valence-electron chi connectivity index (χ3n) is 6.46. The molecule has 1 aliphatic rings. The minimum Gasteiger partial charge on any atom is -0.352 e. The van der Waals surface area contributed by atoms with Crippen LogP contribution >= 0.6 is 11.6 Å². The van der Waals surface area contributed by atoms with Crippen molar-refractivity contribution in [1.29, 1.82) is 0 Å². The lowest BCUT2D eigenvalue weighted by atomic mass is 9.97. The second-order valence-electron chi connectivity index (χ2n) is 8.79. The summed E-state index contributed by atoms with van der Waals surface area (Å²) in [7, 11) is 0. The Hall–Kier alpha value is -3.45. The number of aromatic nitrogens is 4. The monoisotopic (exact) mass is 474 g/mol. The average molecular weight is 475 g/mol. The van der Waals surface area contributed by atoms with Gasteiger partial charge in [-0.3, -0.25) is 4.79 Å². The Morgan fingerprint density at radius 1 is 1.09 bits per heavy atom. The number of hydrogen-bond donors (Lipinski definition) is 1. The Bertz CT molecular complexity index is 1320. The highest BCUT2D eigenvalue weighted by molar-refractivity contribution is 6.30. The number of carbonyl (C=O) groups is 1. The number of nitrogens with zero attached hydrogens (tertiary/aromatic N) is 5. The van der Waals surface area contributed by atoms with E-state index in [1.54, 1.807) is 0 Å². The van der Waals surface area contributed by atoms with Crippen LogP contribution in [0, 0.1) is 19.8 Å². The predicted molar refractivity (Wildman–Crippen MR) is 134 cm³/mol. The molecule has 0 saturated carbocycles. The number of halogens is 1. The number of benzene rings is 2. The zero-order chi connectivity index (χ0) is 23.7. The number of rotatable bonds is 5. The molecule has 1 aliphatic heterocycles. The largest absolute Gasteiger partial charge is 0.352 e. The second kappa shape index (κ2) is 9.43. The summed E-state index contributed by atoms with van der Waals surface area (Å²) in [6.45, 7) is 5.95. The van der Waals surface area contributed by atoms with Crippen LogP contribution < -0.4 is 10.2 Å². The molecule has 0 bridgehead atoms. The van der Waals surface area contributed by atoms with E-state index in [0.29, 0.717) is 18.1 Å². The van der Waals surface area contributed by atoms with Gasteiger partial charge in [0.1, 0.15) is 5.52 Å². The molecule has 1 fully saturated rings. The summed E-state index contributed by atoms with van der Waals surface area (Å²) >= 11 is 6.08. The van der Waals surface area contributed by atoms with Crippen molar-refractivity contribution in [2.24, 2.45) is 5.92 Å². The summed E-state index contributed by atoms with van der Waals surface area (Å²) in [6.07, 6.45) is 1.77. The lowest BCUT2D eigenvalue weighted by molar-refractivity contribution is -0.125. The van der Waals surface area contributed by atoms with Crippen LogP contribution in [0.5, 0.6) is 0 Å². The summed E-state index contributed by atoms with van der Waals surface area (Å²) in [4.78, 5) is 15.1. The Morgan fingerprint density at radius 3 is 2.62 bits per heavy atom. The van der Waals surface area contributed by atoms with Crippen LogP contribution in [0.3, 0.4) is 0 Å². The zero-order valence-corrected chi connectivity index (χ0v) is 20.1. The van der Waals surface area contributed by atoms with Gasteiger partial charge in [0.05, 0.1) is 28.4 Å². The Kier molecular flexibility index (Phi) is 6.20. The number of nitrogens with one attached hydrogen (secondary N) is 1. The minimum atomic E-state index is -0.102. The maximum atomic E-state index is 12.9. The van der Waals surface area contributed by atoms with Gasteiger partial charge in [-0.15, -0.1) is 5.10 Å². The standard InChI is InChI=1S/C26H27ClN6O/c1-17-23-18(2)33(22-12-10-21(27)11-13-22)31-24(23)25(30-29-17)32-14-6-9-20(16-32)26(34)28-15-19-7-4-3-5-8-19/h3-5,7-8,10-13,20H,6,9,14-16H2,1-2H3,(H,28,34)/t20-/m0/s1. The van der Waals surface area contributed by atoms with Crippen molar-refractivity contribution in [2.45, 2.75) is 33.2 Å². The van der Waals surface area contributed by atoms with Crippen LogP contribution in [0.2, 0.25) is 5.02 Å². The normalized spacial score (nSPS) is 16.1. The third kappa shape index (κ3) is 4.35. The molecule has 1 amide bonds. The van der Waals surface area contributed by atoms with E-state index < -0.39 is 0 Å². The molecule has 8 heteroatoms. The number of anilines is 1. The first kappa shape index (κ1) is 22.3. The zero-order valence-electron chi connectivity index (χ0n) is 19.3. The van der Waals surface area contributed by atoms with Crippen LogP contribution in [0.4, 0.5) is 5.82 Å². The first-order valence-corrected chi connectivity index (χ1v) is 11.9. The van der Waals surface area contributed by atoms with Gasteiger partial charge in [-0.2, -0.15) is 10.2 Å². The quantitative estimate of drug-likeness (QED) is 0.456. The fourth-order valence-electron chi connectivity index (χ4n) is 4.67. The molecule has 3 heterocycles. The fraction of sp³-hybridized carbons (Fsp3) is 0.308. The van der Waals surface area contributed by atoms with Gasteiger partial charge in [0.25, 0.3) is 0 Å². The van der Waals surface area contributed by atoms with Crippen molar-refractivity contribution in [3.05, 3.63) is 76.6 Å². The van der Waals surface area contributed by atoms with Crippen LogP contribution in [0.1, 0.15) is 29.8 Å². The molecule has 2 aromatic heterocycles. The Labute approximate surface area is 203 Å². The van der Waals surface area contributed by atoms with Crippen LogP contribution in [0.25, 0.3) is 16.6 Å². The van der Waals surface area contributed by atoms with E-state index in [9.17, 15) is 4.79 Å². The number of amides is 1. The Balaban J connectivity index is 1.41. The SMILES string of the molecule is Cc1nnc(N2CCC[C@H](C(=O)NCc3ccccc3)C2)c2nn(-c3ccc(Cl)cc3)c(C)c12. The molecule has 1 saturated heterocycles. The average Bonchev–Trinajstić information content (AvgIpc) is 3.22. The first-order valence-electron chi connectivity index (χ1n) is 11.6. The molecule has 1 atom stereocenters. The van der Waals surface area contributed by atoms with Crippen molar-refractivity contribution >= 4 is 34.2 Å². The van der Waals surface area contributed by atoms with E-state index in [-0.39, 0.29) is 11.8 Å². The summed E-state index contributed by atoms with van der Waals surface area (Å²) in [5.74, 6) is 0.708. The molecule has 0 aliphatic carbocycles. The smallest absolute Gasteiger partial charge is 0.225 e. The van der Waals surface area contributed by atoms with Crippen molar-refractivity contribution in [3.8, 4) is 5.69 Å². The van der Waals surface area contributed by atoms with Gasteiger partial charge >= 0.3 is 0 Å². The van der Waals surface area contributed by atoms with Gasteiger partial charge in [-0.05, 0) is 56.5 Å². The van der Waals surface area contributed by atoms with Gasteiger partial charge in [-0.25, -0.2) is 4.68 Å². The first-order chi connectivity index (χ1) is 16.5. The van der Waals surface area contributed by atoms with Gasteiger partial charge in [0.15, 0.2) is 5.82 Å². The molecule has 174 valence electrons. The number of piperidine rings is 1. The number of carbonyl (C=O) groups excluding carboxylic acids is 1. The van der Waals surface area contributed by atoms with Crippen LogP contribution in [0.15, 0.2) is 54.6 Å². The number of hydrogen-bond acceptors (Lipinski definition) is 5. The predicted octanol–water partition coefficient (Wildman–Crippen LogP) is 4.62.